The summed E-state index contributed by atoms with van der Waals surface area (Å²) in [5, 5.41) is 3.39. The average Bonchev–Trinajstić information content (AvgIpc) is 2.25. The van der Waals surface area contributed by atoms with Gasteiger partial charge in [-0.15, -0.1) is 0 Å². The Bertz CT molecular complexity index is 169. The van der Waals surface area contributed by atoms with E-state index in [0.717, 1.165) is 13.1 Å². The van der Waals surface area contributed by atoms with E-state index in [1.54, 1.807) is 5.57 Å². The maximum Gasteiger partial charge on any atom is 0.0193 e. The first-order valence-electron chi connectivity index (χ1n) is 5.97. The van der Waals surface area contributed by atoms with Crippen LogP contribution in [-0.4, -0.2) is 37.6 Å². The third-order valence-corrected chi connectivity index (χ3v) is 2.81. The van der Waals surface area contributed by atoms with Gasteiger partial charge in [-0.2, -0.15) is 0 Å². The number of nitrogens with one attached hydrogen (secondary N) is 1. The Balaban J connectivity index is 2.30. The van der Waals surface area contributed by atoms with Crippen LogP contribution in [0.25, 0.3) is 0 Å². The van der Waals surface area contributed by atoms with Crippen LogP contribution in [0.1, 0.15) is 33.1 Å². The molecule has 1 fully saturated rings. The SMILES string of the molecule is CCCC=C(CC)CN1CCNCC1. The van der Waals surface area contributed by atoms with E-state index in [2.05, 4.69) is 30.1 Å². The quantitative estimate of drug-likeness (QED) is 0.677. The zero-order chi connectivity index (χ0) is 10.2. The Morgan fingerprint density at radius 1 is 1.29 bits per heavy atom. The fraction of sp³-hybridized carbons (Fsp3) is 0.833. The first-order chi connectivity index (χ1) is 6.86. The molecule has 0 aromatic carbocycles. The first-order valence-corrected chi connectivity index (χ1v) is 5.97. The summed E-state index contributed by atoms with van der Waals surface area (Å²) in [6.45, 7) is 10.4. The molecule has 2 heteroatoms. The second kappa shape index (κ2) is 7.02. The lowest BCUT2D eigenvalue weighted by atomic mass is 10.1. The van der Waals surface area contributed by atoms with E-state index in [1.807, 2.05) is 0 Å². The van der Waals surface area contributed by atoms with Crippen molar-refractivity contribution in [1.29, 1.82) is 0 Å². The van der Waals surface area contributed by atoms with Crippen molar-refractivity contribution >= 4 is 0 Å². The van der Waals surface area contributed by atoms with Crippen molar-refractivity contribution in [3.05, 3.63) is 11.6 Å². The van der Waals surface area contributed by atoms with Gasteiger partial charge in [0.1, 0.15) is 0 Å². The highest BCUT2D eigenvalue weighted by Gasteiger charge is 2.09. The zero-order valence-corrected chi connectivity index (χ0v) is 9.68. The van der Waals surface area contributed by atoms with Gasteiger partial charge in [-0.3, -0.25) is 4.90 Å². The van der Waals surface area contributed by atoms with Crippen LogP contribution in [0.4, 0.5) is 0 Å². The number of piperazine rings is 1. The molecule has 2 nitrogen and oxygen atoms in total. The van der Waals surface area contributed by atoms with Gasteiger partial charge in [-0.25, -0.2) is 0 Å². The lowest BCUT2D eigenvalue weighted by Crippen LogP contribution is -2.44. The Morgan fingerprint density at radius 3 is 2.57 bits per heavy atom. The molecule has 1 aliphatic heterocycles. The summed E-state index contributed by atoms with van der Waals surface area (Å²) in [7, 11) is 0. The van der Waals surface area contributed by atoms with E-state index < -0.39 is 0 Å². The monoisotopic (exact) mass is 196 g/mol. The molecule has 82 valence electrons. The smallest absolute Gasteiger partial charge is 0.0193 e. The first kappa shape index (κ1) is 11.7. The van der Waals surface area contributed by atoms with Crippen LogP contribution in [0.3, 0.4) is 0 Å². The Morgan fingerprint density at radius 2 is 2.00 bits per heavy atom. The summed E-state index contributed by atoms with van der Waals surface area (Å²) >= 11 is 0. The second-order valence-electron chi connectivity index (χ2n) is 4.03. The van der Waals surface area contributed by atoms with Crippen LogP contribution in [0, 0.1) is 0 Å². The van der Waals surface area contributed by atoms with Gasteiger partial charge in [0.25, 0.3) is 0 Å². The minimum Gasteiger partial charge on any atom is -0.314 e. The molecule has 0 bridgehead atoms. The normalized spacial score (nSPS) is 20.0. The lowest BCUT2D eigenvalue weighted by Gasteiger charge is -2.28. The Kier molecular flexibility index (Phi) is 5.88. The molecule has 1 heterocycles. The van der Waals surface area contributed by atoms with Gasteiger partial charge in [0.2, 0.25) is 0 Å². The molecule has 0 amide bonds. The molecule has 0 radical (unpaired) electrons. The molecule has 0 unspecified atom stereocenters. The molecule has 0 aliphatic carbocycles. The summed E-state index contributed by atoms with van der Waals surface area (Å²) in [5.74, 6) is 0. The Hall–Kier alpha value is -0.340. The van der Waals surface area contributed by atoms with Gasteiger partial charge < -0.3 is 5.32 Å². The third kappa shape index (κ3) is 4.25. The zero-order valence-electron chi connectivity index (χ0n) is 9.68. The largest absolute Gasteiger partial charge is 0.314 e. The van der Waals surface area contributed by atoms with Crippen molar-refractivity contribution in [1.82, 2.24) is 10.2 Å². The molecule has 14 heavy (non-hydrogen) atoms. The molecule has 1 saturated heterocycles. The van der Waals surface area contributed by atoms with Gasteiger partial charge >= 0.3 is 0 Å². The standard InChI is InChI=1S/C12H24N2/c1-3-5-6-12(4-2)11-14-9-7-13-8-10-14/h6,13H,3-5,7-11H2,1-2H3. The third-order valence-electron chi connectivity index (χ3n) is 2.81. The maximum absolute atomic E-state index is 3.39. The maximum atomic E-state index is 3.39. The summed E-state index contributed by atoms with van der Waals surface area (Å²) in [5.41, 5.74) is 1.62. The summed E-state index contributed by atoms with van der Waals surface area (Å²) in [6, 6.07) is 0. The second-order valence-corrected chi connectivity index (χ2v) is 4.03. The topological polar surface area (TPSA) is 15.3 Å². The van der Waals surface area contributed by atoms with Crippen molar-refractivity contribution in [3.8, 4) is 0 Å². The molecule has 1 rings (SSSR count). The minimum atomic E-state index is 1.16. The molecule has 0 saturated carbocycles. The van der Waals surface area contributed by atoms with Crippen molar-refractivity contribution in [2.24, 2.45) is 0 Å². The van der Waals surface area contributed by atoms with Crippen molar-refractivity contribution in [2.75, 3.05) is 32.7 Å². The van der Waals surface area contributed by atoms with E-state index >= 15 is 0 Å². The molecule has 1 aliphatic rings. The molecular formula is C12H24N2. The number of unbranched alkanes of at least 4 members (excludes halogenated alkanes) is 1. The van der Waals surface area contributed by atoms with Crippen molar-refractivity contribution in [2.45, 2.75) is 33.1 Å². The number of hydrogen-bond donors (Lipinski definition) is 1. The van der Waals surface area contributed by atoms with Crippen LogP contribution < -0.4 is 5.32 Å². The van der Waals surface area contributed by atoms with Crippen LogP contribution in [0.2, 0.25) is 0 Å². The molecule has 0 spiro atoms. The van der Waals surface area contributed by atoms with Gasteiger partial charge in [0, 0.05) is 32.7 Å². The number of rotatable bonds is 5. The van der Waals surface area contributed by atoms with E-state index in [0.29, 0.717) is 0 Å². The highest BCUT2D eigenvalue weighted by molar-refractivity contribution is 5.04. The molecule has 0 aromatic heterocycles. The van der Waals surface area contributed by atoms with Gasteiger partial charge in [-0.1, -0.05) is 31.9 Å². The van der Waals surface area contributed by atoms with E-state index in [9.17, 15) is 0 Å². The highest BCUT2D eigenvalue weighted by atomic mass is 15.2. The average molecular weight is 196 g/mol. The van der Waals surface area contributed by atoms with Gasteiger partial charge in [0.15, 0.2) is 0 Å². The van der Waals surface area contributed by atoms with Crippen LogP contribution >= 0.6 is 0 Å². The van der Waals surface area contributed by atoms with Crippen LogP contribution in [-0.2, 0) is 0 Å². The molecule has 0 atom stereocenters. The van der Waals surface area contributed by atoms with Gasteiger partial charge in [-0.05, 0) is 12.8 Å². The summed E-state index contributed by atoms with van der Waals surface area (Å²) in [4.78, 5) is 2.56. The number of allylic oxidation sites excluding steroid dienone is 1. The fourth-order valence-corrected chi connectivity index (χ4v) is 1.83. The minimum absolute atomic E-state index is 1.16. The lowest BCUT2D eigenvalue weighted by molar-refractivity contribution is 0.258. The molecule has 1 N–H and O–H groups in total. The number of nitrogens with zero attached hydrogens (tertiary/aromatic N) is 1. The van der Waals surface area contributed by atoms with Crippen LogP contribution in [0.15, 0.2) is 11.6 Å². The van der Waals surface area contributed by atoms with E-state index in [4.69, 9.17) is 0 Å². The summed E-state index contributed by atoms with van der Waals surface area (Å²) < 4.78 is 0. The van der Waals surface area contributed by atoms with E-state index in [1.165, 1.54) is 38.9 Å². The van der Waals surface area contributed by atoms with Crippen molar-refractivity contribution < 1.29 is 0 Å². The Labute approximate surface area is 88.4 Å². The number of hydrogen-bond acceptors (Lipinski definition) is 2. The molecule has 0 aromatic rings. The van der Waals surface area contributed by atoms with Crippen molar-refractivity contribution in [3.63, 3.8) is 0 Å². The van der Waals surface area contributed by atoms with Gasteiger partial charge in [0.05, 0.1) is 0 Å². The van der Waals surface area contributed by atoms with E-state index in [-0.39, 0.29) is 0 Å². The fourth-order valence-electron chi connectivity index (χ4n) is 1.83. The predicted molar refractivity (Wildman–Crippen MR) is 62.6 cm³/mol. The molecular weight excluding hydrogens is 172 g/mol. The van der Waals surface area contributed by atoms with Crippen LogP contribution in [0.5, 0.6) is 0 Å². The predicted octanol–water partition coefficient (Wildman–Crippen LogP) is 2.03. The highest BCUT2D eigenvalue weighted by Crippen LogP contribution is 2.07. The summed E-state index contributed by atoms with van der Waals surface area (Å²) in [6.07, 6.45) is 6.16.